The standard InChI is InChI=1S/C50H66O5/c1-3-5-7-9-11-13-15-17-19-21-23-25-27-29-31-33-35-37-39-41-49(52)54-47-43-46(51)44-48(45-47)55-50(53)42-40-38-36-34-32-30-28-26-24-22-20-18-16-14-12-10-8-6-4-2/h5-8,11-14,17-20,23-26,29-32,35-38,43-45,51H,3-4,9-10,15-16,21-22,27-28,33-34,39-42H2,1-2H3. The van der Waals surface area contributed by atoms with Crippen LogP contribution in [0.15, 0.2) is 164 Å². The number of rotatable bonds is 30. The van der Waals surface area contributed by atoms with Gasteiger partial charge in [0.05, 0.1) is 0 Å². The molecule has 0 aliphatic rings. The van der Waals surface area contributed by atoms with Crippen LogP contribution in [0.1, 0.15) is 117 Å². The molecule has 0 spiro atoms. The van der Waals surface area contributed by atoms with Gasteiger partial charge in [-0.15, -0.1) is 0 Å². The van der Waals surface area contributed by atoms with Crippen molar-refractivity contribution in [2.75, 3.05) is 0 Å². The summed E-state index contributed by atoms with van der Waals surface area (Å²) in [6.07, 6.45) is 64.2. The number of allylic oxidation sites excluding steroid dienone is 24. The van der Waals surface area contributed by atoms with Crippen molar-refractivity contribution in [3.63, 3.8) is 0 Å². The molecule has 1 aromatic rings. The number of carbonyl (C=O) groups is 2. The zero-order valence-corrected chi connectivity index (χ0v) is 33.5. The normalized spacial score (nSPS) is 13.1. The molecule has 0 aliphatic carbocycles. The first-order valence-electron chi connectivity index (χ1n) is 20.1. The van der Waals surface area contributed by atoms with E-state index in [9.17, 15) is 14.7 Å². The smallest absolute Gasteiger partial charge is 0.311 e. The third kappa shape index (κ3) is 33.2. The van der Waals surface area contributed by atoms with E-state index >= 15 is 0 Å². The van der Waals surface area contributed by atoms with Crippen LogP contribution in [-0.4, -0.2) is 17.0 Å². The molecule has 0 fully saturated rings. The van der Waals surface area contributed by atoms with Crippen molar-refractivity contribution >= 4 is 11.9 Å². The van der Waals surface area contributed by atoms with Crippen molar-refractivity contribution in [1.29, 1.82) is 0 Å². The molecular weight excluding hydrogens is 681 g/mol. The summed E-state index contributed by atoms with van der Waals surface area (Å²) in [5.74, 6) is -0.748. The SMILES string of the molecule is CCC=CCC=CCC=CCC=CCC=CCC=CCCC(=O)Oc1cc(O)cc(OC(=O)CCC=CCC=CCC=CCC=CCC=CCC=CCC)c1. The highest BCUT2D eigenvalue weighted by atomic mass is 16.5. The van der Waals surface area contributed by atoms with Crippen LogP contribution in [0.2, 0.25) is 0 Å². The van der Waals surface area contributed by atoms with Gasteiger partial charge in [-0.05, 0) is 89.9 Å². The number of hydrogen-bond donors (Lipinski definition) is 1. The summed E-state index contributed by atoms with van der Waals surface area (Å²) in [4.78, 5) is 24.7. The molecule has 0 radical (unpaired) electrons. The summed E-state index contributed by atoms with van der Waals surface area (Å²) in [7, 11) is 0. The van der Waals surface area contributed by atoms with Crippen LogP contribution >= 0.6 is 0 Å². The number of hydrogen-bond acceptors (Lipinski definition) is 5. The summed E-state index contributed by atoms with van der Waals surface area (Å²) >= 11 is 0. The van der Waals surface area contributed by atoms with Gasteiger partial charge in [0.25, 0.3) is 0 Å². The molecule has 0 unspecified atom stereocenters. The molecule has 1 N–H and O–H groups in total. The van der Waals surface area contributed by atoms with Crippen LogP contribution in [0, 0.1) is 0 Å². The van der Waals surface area contributed by atoms with Gasteiger partial charge in [0, 0.05) is 31.0 Å². The molecule has 0 atom stereocenters. The lowest BCUT2D eigenvalue weighted by atomic mass is 10.2. The lowest BCUT2D eigenvalue weighted by molar-refractivity contribution is -0.134. The van der Waals surface area contributed by atoms with Crippen molar-refractivity contribution in [3.05, 3.63) is 164 Å². The summed E-state index contributed by atoms with van der Waals surface area (Å²) in [5.41, 5.74) is 0. The number of esters is 2. The average Bonchev–Trinajstić information content (AvgIpc) is 3.16. The molecule has 0 amide bonds. The Kier molecular flexibility index (Phi) is 32.3. The lowest BCUT2D eigenvalue weighted by Crippen LogP contribution is -2.09. The second-order valence-electron chi connectivity index (χ2n) is 12.5. The van der Waals surface area contributed by atoms with Gasteiger partial charge < -0.3 is 14.6 Å². The maximum absolute atomic E-state index is 12.3. The van der Waals surface area contributed by atoms with E-state index < -0.39 is 11.9 Å². The molecule has 0 heterocycles. The number of phenolic OH excluding ortho intramolecular Hbond substituents is 1. The molecule has 0 aliphatic heterocycles. The molecule has 296 valence electrons. The fourth-order valence-corrected chi connectivity index (χ4v) is 4.72. The van der Waals surface area contributed by atoms with Crippen molar-refractivity contribution < 1.29 is 24.2 Å². The summed E-state index contributed by atoms with van der Waals surface area (Å²) < 4.78 is 10.7. The highest BCUT2D eigenvalue weighted by molar-refractivity contribution is 5.74. The fourth-order valence-electron chi connectivity index (χ4n) is 4.72. The minimum absolute atomic E-state index is 0.132. The molecule has 0 bridgehead atoms. The lowest BCUT2D eigenvalue weighted by Gasteiger charge is -2.08. The van der Waals surface area contributed by atoms with Crippen LogP contribution in [0.25, 0.3) is 0 Å². The van der Waals surface area contributed by atoms with Crippen LogP contribution in [0.3, 0.4) is 0 Å². The minimum atomic E-state index is -0.431. The van der Waals surface area contributed by atoms with Gasteiger partial charge >= 0.3 is 11.9 Å². The molecule has 1 aromatic carbocycles. The van der Waals surface area contributed by atoms with Gasteiger partial charge in [0.2, 0.25) is 0 Å². The topological polar surface area (TPSA) is 72.8 Å². The van der Waals surface area contributed by atoms with E-state index in [1.54, 1.807) is 0 Å². The zero-order valence-electron chi connectivity index (χ0n) is 33.5. The van der Waals surface area contributed by atoms with E-state index in [4.69, 9.17) is 9.47 Å². The van der Waals surface area contributed by atoms with Gasteiger partial charge in [0.15, 0.2) is 0 Å². The van der Waals surface area contributed by atoms with Gasteiger partial charge in [-0.2, -0.15) is 0 Å². The first kappa shape index (κ1) is 47.9. The Morgan fingerprint density at radius 3 is 0.891 bits per heavy atom. The summed E-state index contributed by atoms with van der Waals surface area (Å²) in [5, 5.41) is 10.1. The predicted octanol–water partition coefficient (Wildman–Crippen LogP) is 14.2. The molecule has 0 aromatic heterocycles. The number of ether oxygens (including phenoxy) is 2. The molecule has 0 saturated carbocycles. The molecule has 55 heavy (non-hydrogen) atoms. The minimum Gasteiger partial charge on any atom is -0.508 e. The maximum Gasteiger partial charge on any atom is 0.311 e. The second kappa shape index (κ2) is 37.2. The Labute approximate surface area is 333 Å². The van der Waals surface area contributed by atoms with E-state index in [-0.39, 0.29) is 30.1 Å². The first-order valence-corrected chi connectivity index (χ1v) is 20.1. The van der Waals surface area contributed by atoms with E-state index in [1.807, 2.05) is 24.3 Å². The summed E-state index contributed by atoms with van der Waals surface area (Å²) in [6.45, 7) is 4.29. The Hall–Kier alpha value is -5.16. The second-order valence-corrected chi connectivity index (χ2v) is 12.5. The Bertz CT molecular complexity index is 1410. The zero-order chi connectivity index (χ0) is 39.7. The third-order valence-electron chi connectivity index (χ3n) is 7.55. The van der Waals surface area contributed by atoms with Crippen LogP contribution in [-0.2, 0) is 9.59 Å². The van der Waals surface area contributed by atoms with Crippen LogP contribution in [0.4, 0.5) is 0 Å². The molecule has 0 saturated heterocycles. The Morgan fingerprint density at radius 1 is 0.400 bits per heavy atom. The van der Waals surface area contributed by atoms with Crippen molar-refractivity contribution in [1.82, 2.24) is 0 Å². The number of benzene rings is 1. The van der Waals surface area contributed by atoms with Crippen LogP contribution < -0.4 is 9.47 Å². The average molecular weight is 747 g/mol. The van der Waals surface area contributed by atoms with Gasteiger partial charge in [-0.25, -0.2) is 0 Å². The number of aromatic hydroxyl groups is 1. The Morgan fingerprint density at radius 2 is 0.636 bits per heavy atom. The molecule has 5 nitrogen and oxygen atoms in total. The molecule has 1 rings (SSSR count). The van der Waals surface area contributed by atoms with Crippen molar-refractivity contribution in [3.8, 4) is 17.2 Å². The fraction of sp³-hybridized carbons (Fsp3) is 0.360. The van der Waals surface area contributed by atoms with Gasteiger partial charge in [-0.1, -0.05) is 160 Å². The van der Waals surface area contributed by atoms with Crippen molar-refractivity contribution in [2.45, 2.75) is 117 Å². The van der Waals surface area contributed by atoms with Crippen LogP contribution in [0.5, 0.6) is 17.2 Å². The monoisotopic (exact) mass is 746 g/mol. The Balaban J connectivity index is 2.19. The van der Waals surface area contributed by atoms with Gasteiger partial charge in [0.1, 0.15) is 17.2 Å². The van der Waals surface area contributed by atoms with Gasteiger partial charge in [-0.3, -0.25) is 9.59 Å². The molecule has 5 heteroatoms. The highest BCUT2D eigenvalue weighted by Crippen LogP contribution is 2.27. The molecular formula is C50H66O5. The maximum atomic E-state index is 12.3. The number of phenols is 1. The van der Waals surface area contributed by atoms with E-state index in [1.165, 1.54) is 18.2 Å². The highest BCUT2D eigenvalue weighted by Gasteiger charge is 2.10. The third-order valence-corrected chi connectivity index (χ3v) is 7.55. The number of carbonyl (C=O) groups excluding carboxylic acids is 2. The quantitative estimate of drug-likeness (QED) is 0.0482. The summed E-state index contributed by atoms with van der Waals surface area (Å²) in [6, 6.07) is 4.08. The van der Waals surface area contributed by atoms with E-state index in [0.717, 1.165) is 77.0 Å². The van der Waals surface area contributed by atoms with Crippen molar-refractivity contribution in [2.24, 2.45) is 0 Å². The first-order chi connectivity index (χ1) is 27.0. The van der Waals surface area contributed by atoms with E-state index in [0.29, 0.717) is 12.8 Å². The predicted molar refractivity (Wildman–Crippen MR) is 234 cm³/mol. The largest absolute Gasteiger partial charge is 0.508 e. The van der Waals surface area contributed by atoms with E-state index in [2.05, 4.69) is 135 Å².